The highest BCUT2D eigenvalue weighted by Crippen LogP contribution is 2.40. The summed E-state index contributed by atoms with van der Waals surface area (Å²) >= 11 is 1.44. The average Bonchev–Trinajstić information content (AvgIpc) is 3.02. The molecular weight excluding hydrogens is 458 g/mol. The zero-order valence-corrected chi connectivity index (χ0v) is 19.5. The number of nitrogens with zero attached hydrogens (tertiary/aromatic N) is 2. The number of nitrogens with one attached hydrogen (secondary N) is 1. The van der Waals surface area contributed by atoms with E-state index in [2.05, 4.69) is 10.3 Å². The minimum atomic E-state index is -0.285. The van der Waals surface area contributed by atoms with Crippen LogP contribution in [0.25, 0.3) is 0 Å². The molecule has 2 heterocycles. The summed E-state index contributed by atoms with van der Waals surface area (Å²) in [5.41, 5.74) is 2.66. The molecule has 0 spiro atoms. The van der Waals surface area contributed by atoms with Crippen molar-refractivity contribution in [1.82, 2.24) is 4.98 Å². The SMILES string of the molecule is O=C(CCN1C(=O)c2cccnc2Sc2ccccc21)Nc1ccccc1C(=O)c1ccccc1. The summed E-state index contributed by atoms with van der Waals surface area (Å²) in [5, 5.41) is 3.50. The first kappa shape index (κ1) is 22.6. The van der Waals surface area contributed by atoms with Crippen molar-refractivity contribution in [3.05, 3.63) is 114 Å². The lowest BCUT2D eigenvalue weighted by Gasteiger charge is -2.22. The van der Waals surface area contributed by atoms with Gasteiger partial charge in [-0.1, -0.05) is 66.4 Å². The Hall–Kier alpha value is -4.23. The van der Waals surface area contributed by atoms with E-state index in [9.17, 15) is 14.4 Å². The number of hydrogen-bond acceptors (Lipinski definition) is 5. The fraction of sp³-hybridized carbons (Fsp3) is 0.0714. The molecule has 2 amide bonds. The van der Waals surface area contributed by atoms with Crippen molar-refractivity contribution in [3.63, 3.8) is 0 Å². The fourth-order valence-electron chi connectivity index (χ4n) is 3.94. The maximum atomic E-state index is 13.4. The zero-order valence-electron chi connectivity index (χ0n) is 18.7. The number of aromatic nitrogens is 1. The van der Waals surface area contributed by atoms with Gasteiger partial charge in [0.25, 0.3) is 5.91 Å². The van der Waals surface area contributed by atoms with Crippen LogP contribution in [0.4, 0.5) is 11.4 Å². The molecule has 3 aromatic carbocycles. The van der Waals surface area contributed by atoms with Gasteiger partial charge in [-0.15, -0.1) is 0 Å². The second-order valence-electron chi connectivity index (χ2n) is 7.92. The lowest BCUT2D eigenvalue weighted by molar-refractivity contribution is -0.116. The van der Waals surface area contributed by atoms with Crippen LogP contribution >= 0.6 is 11.8 Å². The van der Waals surface area contributed by atoms with Crippen molar-refractivity contribution in [2.45, 2.75) is 16.3 Å². The van der Waals surface area contributed by atoms with Crippen LogP contribution in [0.2, 0.25) is 0 Å². The number of benzene rings is 3. The number of hydrogen-bond donors (Lipinski definition) is 1. The molecule has 6 nitrogen and oxygen atoms in total. The summed E-state index contributed by atoms with van der Waals surface area (Å²) in [4.78, 5) is 46.2. The molecule has 172 valence electrons. The Morgan fingerprint density at radius 1 is 0.857 bits per heavy atom. The molecule has 1 aliphatic heterocycles. The summed E-state index contributed by atoms with van der Waals surface area (Å²) in [5.74, 6) is -0.649. The van der Waals surface area contributed by atoms with Crippen molar-refractivity contribution in [3.8, 4) is 0 Å². The van der Waals surface area contributed by atoms with Gasteiger partial charge in [-0.3, -0.25) is 14.4 Å². The van der Waals surface area contributed by atoms with Crippen molar-refractivity contribution in [2.75, 3.05) is 16.8 Å². The Kier molecular flexibility index (Phi) is 6.41. The first-order valence-corrected chi connectivity index (χ1v) is 12.0. The minimum Gasteiger partial charge on any atom is -0.325 e. The second kappa shape index (κ2) is 9.95. The van der Waals surface area contributed by atoms with Crippen LogP contribution in [-0.2, 0) is 4.79 Å². The molecule has 4 aromatic rings. The van der Waals surface area contributed by atoms with Crippen LogP contribution in [0.3, 0.4) is 0 Å². The molecule has 7 heteroatoms. The Balaban J connectivity index is 1.35. The third kappa shape index (κ3) is 4.72. The van der Waals surface area contributed by atoms with Crippen LogP contribution < -0.4 is 10.2 Å². The van der Waals surface area contributed by atoms with E-state index in [1.54, 1.807) is 71.8 Å². The standard InChI is InChI=1S/C28H21N3O3S/c32-25(30-22-13-5-4-11-20(22)26(33)19-9-2-1-3-10-19)16-18-31-23-14-6-7-15-24(23)35-27-21(28(31)34)12-8-17-29-27/h1-15,17H,16,18H2,(H,30,32). The molecular formula is C28H21N3O3S. The third-order valence-corrected chi connectivity index (χ3v) is 6.74. The molecule has 0 bridgehead atoms. The van der Waals surface area contributed by atoms with E-state index in [0.717, 1.165) is 10.6 Å². The summed E-state index contributed by atoms with van der Waals surface area (Å²) in [6.45, 7) is 0.186. The normalized spacial score (nSPS) is 12.3. The largest absolute Gasteiger partial charge is 0.325 e. The smallest absolute Gasteiger partial charge is 0.261 e. The summed E-state index contributed by atoms with van der Waals surface area (Å²) in [7, 11) is 0. The van der Waals surface area contributed by atoms with Gasteiger partial charge in [0.2, 0.25) is 5.91 Å². The lowest BCUT2D eigenvalue weighted by Crippen LogP contribution is -2.34. The van der Waals surface area contributed by atoms with Crippen molar-refractivity contribution >= 4 is 40.7 Å². The number of ketones is 1. The van der Waals surface area contributed by atoms with Gasteiger partial charge in [-0.05, 0) is 36.4 Å². The highest BCUT2D eigenvalue weighted by molar-refractivity contribution is 7.99. The number of rotatable bonds is 6. The molecule has 1 N–H and O–H groups in total. The van der Waals surface area contributed by atoms with Crippen LogP contribution in [0.15, 0.2) is 107 Å². The number of carbonyl (C=O) groups is 3. The van der Waals surface area contributed by atoms with Crippen LogP contribution in [0.1, 0.15) is 32.7 Å². The Morgan fingerprint density at radius 2 is 1.60 bits per heavy atom. The van der Waals surface area contributed by atoms with Crippen LogP contribution in [0.5, 0.6) is 0 Å². The van der Waals surface area contributed by atoms with E-state index in [-0.39, 0.29) is 30.6 Å². The number of pyridine rings is 1. The molecule has 1 aromatic heterocycles. The van der Waals surface area contributed by atoms with E-state index in [0.29, 0.717) is 27.4 Å². The van der Waals surface area contributed by atoms with Gasteiger partial charge in [0.05, 0.1) is 16.9 Å². The number of para-hydroxylation sites is 2. The van der Waals surface area contributed by atoms with Gasteiger partial charge in [-0.25, -0.2) is 4.98 Å². The molecule has 0 atom stereocenters. The molecule has 0 saturated heterocycles. The maximum absolute atomic E-state index is 13.4. The first-order valence-electron chi connectivity index (χ1n) is 11.1. The van der Waals surface area contributed by atoms with Crippen molar-refractivity contribution in [1.29, 1.82) is 0 Å². The predicted molar refractivity (Wildman–Crippen MR) is 136 cm³/mol. The molecule has 0 fully saturated rings. The number of fused-ring (bicyclic) bond motifs is 2. The van der Waals surface area contributed by atoms with E-state index in [1.807, 2.05) is 30.3 Å². The van der Waals surface area contributed by atoms with E-state index >= 15 is 0 Å². The van der Waals surface area contributed by atoms with E-state index in [1.165, 1.54) is 11.8 Å². The van der Waals surface area contributed by atoms with Gasteiger partial charge in [-0.2, -0.15) is 0 Å². The molecule has 1 aliphatic rings. The number of anilines is 2. The van der Waals surface area contributed by atoms with Gasteiger partial charge >= 0.3 is 0 Å². The van der Waals surface area contributed by atoms with E-state index in [4.69, 9.17) is 0 Å². The molecule has 0 aliphatic carbocycles. The van der Waals surface area contributed by atoms with E-state index < -0.39 is 0 Å². The molecule has 5 rings (SSSR count). The summed E-state index contributed by atoms with van der Waals surface area (Å²) < 4.78 is 0. The Morgan fingerprint density at radius 3 is 2.46 bits per heavy atom. The molecule has 0 radical (unpaired) electrons. The number of amides is 2. The molecule has 0 saturated carbocycles. The van der Waals surface area contributed by atoms with Gasteiger partial charge in [0.1, 0.15) is 5.03 Å². The lowest BCUT2D eigenvalue weighted by atomic mass is 10.0. The highest BCUT2D eigenvalue weighted by Gasteiger charge is 2.28. The number of carbonyl (C=O) groups excluding carboxylic acids is 3. The maximum Gasteiger partial charge on any atom is 0.261 e. The Bertz CT molecular complexity index is 1420. The van der Waals surface area contributed by atoms with Gasteiger partial charge in [0.15, 0.2) is 5.78 Å². The minimum absolute atomic E-state index is 0.0637. The average molecular weight is 480 g/mol. The van der Waals surface area contributed by atoms with Crippen LogP contribution in [0, 0.1) is 0 Å². The van der Waals surface area contributed by atoms with Gasteiger partial charge in [0, 0.05) is 35.2 Å². The second-order valence-corrected chi connectivity index (χ2v) is 8.95. The summed E-state index contributed by atoms with van der Waals surface area (Å²) in [6, 6.07) is 27.0. The Labute approximate surface area is 207 Å². The molecule has 35 heavy (non-hydrogen) atoms. The monoisotopic (exact) mass is 479 g/mol. The fourth-order valence-corrected chi connectivity index (χ4v) is 4.96. The van der Waals surface area contributed by atoms with Gasteiger partial charge < -0.3 is 10.2 Å². The zero-order chi connectivity index (χ0) is 24.2. The highest BCUT2D eigenvalue weighted by atomic mass is 32.2. The first-order chi connectivity index (χ1) is 17.1. The van der Waals surface area contributed by atoms with Crippen LogP contribution in [-0.4, -0.2) is 29.1 Å². The van der Waals surface area contributed by atoms with Crippen molar-refractivity contribution < 1.29 is 14.4 Å². The summed E-state index contributed by atoms with van der Waals surface area (Å²) in [6.07, 6.45) is 1.73. The molecule has 0 unspecified atom stereocenters. The van der Waals surface area contributed by atoms with Crippen molar-refractivity contribution in [2.24, 2.45) is 0 Å². The quantitative estimate of drug-likeness (QED) is 0.372. The third-order valence-electron chi connectivity index (χ3n) is 5.65. The predicted octanol–water partition coefficient (Wildman–Crippen LogP) is 5.45. The topological polar surface area (TPSA) is 79.4 Å².